The second-order valence-electron chi connectivity index (χ2n) is 4.62. The predicted molar refractivity (Wildman–Crippen MR) is 80.3 cm³/mol. The van der Waals surface area contributed by atoms with Gasteiger partial charge in [0.25, 0.3) is 0 Å². The van der Waals surface area contributed by atoms with Gasteiger partial charge >= 0.3 is 10.2 Å². The zero-order valence-electron chi connectivity index (χ0n) is 11.3. The summed E-state index contributed by atoms with van der Waals surface area (Å²) in [6, 6.07) is 7.08. The van der Waals surface area contributed by atoms with Crippen molar-refractivity contribution in [2.24, 2.45) is 5.73 Å². The van der Waals surface area contributed by atoms with Crippen LogP contribution in [0, 0.1) is 11.8 Å². The topological polar surface area (TPSA) is 75.4 Å². The largest absolute Gasteiger partial charge is 0.320 e. The first-order valence-corrected chi connectivity index (χ1v) is 8.13. The molecule has 0 aliphatic carbocycles. The summed E-state index contributed by atoms with van der Waals surface area (Å²) in [6.07, 6.45) is 2.91. The highest BCUT2D eigenvalue weighted by atomic mass is 32.2. The number of anilines is 1. The molecule has 0 saturated carbocycles. The average Bonchev–Trinajstić information content (AvgIpc) is 2.47. The molecule has 1 aromatic carbocycles. The van der Waals surface area contributed by atoms with Gasteiger partial charge in [-0.1, -0.05) is 30.4 Å². The van der Waals surface area contributed by atoms with Gasteiger partial charge in [-0.3, -0.25) is 4.72 Å². The molecule has 0 amide bonds. The first-order valence-electron chi connectivity index (χ1n) is 6.69. The summed E-state index contributed by atoms with van der Waals surface area (Å²) in [6.45, 7) is 1.39. The van der Waals surface area contributed by atoms with Crippen LogP contribution in [0.15, 0.2) is 24.3 Å². The Bertz CT molecular complexity index is 611. The molecule has 1 aliphatic heterocycles. The standard InChI is InChI=1S/C14H19N3O2S/c15-10-6-8-13-7-2-3-9-14(13)16-20(18,19)17-11-4-1-5-12-17/h2-3,7,9,16H,1,4-5,10-12,15H2. The van der Waals surface area contributed by atoms with E-state index in [0.29, 0.717) is 24.3 Å². The molecule has 1 aliphatic rings. The van der Waals surface area contributed by atoms with Crippen LogP contribution in [-0.2, 0) is 10.2 Å². The Labute approximate surface area is 120 Å². The number of nitrogens with two attached hydrogens (primary N) is 1. The zero-order valence-corrected chi connectivity index (χ0v) is 12.1. The Morgan fingerprint density at radius 3 is 2.60 bits per heavy atom. The van der Waals surface area contributed by atoms with Crippen molar-refractivity contribution in [2.45, 2.75) is 19.3 Å². The molecule has 3 N–H and O–H groups in total. The third-order valence-electron chi connectivity index (χ3n) is 3.15. The van der Waals surface area contributed by atoms with Crippen molar-refractivity contribution in [2.75, 3.05) is 24.4 Å². The minimum atomic E-state index is -3.50. The molecule has 108 valence electrons. The summed E-state index contributed by atoms with van der Waals surface area (Å²) in [4.78, 5) is 0. The van der Waals surface area contributed by atoms with Gasteiger partial charge in [0.2, 0.25) is 0 Å². The number of hydrogen-bond donors (Lipinski definition) is 2. The van der Waals surface area contributed by atoms with E-state index in [9.17, 15) is 8.42 Å². The molecule has 2 rings (SSSR count). The molecule has 1 aromatic rings. The normalized spacial score (nSPS) is 16.2. The summed E-state index contributed by atoms with van der Waals surface area (Å²) in [7, 11) is -3.50. The molecule has 0 bridgehead atoms. The van der Waals surface area contributed by atoms with Crippen molar-refractivity contribution in [3.63, 3.8) is 0 Å². The molecule has 20 heavy (non-hydrogen) atoms. The van der Waals surface area contributed by atoms with E-state index in [1.165, 1.54) is 4.31 Å². The highest BCUT2D eigenvalue weighted by Gasteiger charge is 2.24. The number of nitrogens with zero attached hydrogens (tertiary/aromatic N) is 1. The maximum atomic E-state index is 12.3. The fourth-order valence-corrected chi connectivity index (χ4v) is 3.46. The van der Waals surface area contributed by atoms with Crippen LogP contribution in [0.3, 0.4) is 0 Å². The van der Waals surface area contributed by atoms with E-state index in [0.717, 1.165) is 19.3 Å². The quantitative estimate of drug-likeness (QED) is 0.821. The highest BCUT2D eigenvalue weighted by molar-refractivity contribution is 7.90. The van der Waals surface area contributed by atoms with Crippen molar-refractivity contribution >= 4 is 15.9 Å². The molecule has 5 nitrogen and oxygen atoms in total. The first kappa shape index (κ1) is 14.9. The third-order valence-corrected chi connectivity index (χ3v) is 4.67. The Balaban J connectivity index is 2.20. The van der Waals surface area contributed by atoms with Gasteiger partial charge in [-0.15, -0.1) is 0 Å². The van der Waals surface area contributed by atoms with Crippen molar-refractivity contribution in [1.29, 1.82) is 0 Å². The lowest BCUT2D eigenvalue weighted by atomic mass is 10.2. The Kier molecular flexibility index (Phi) is 5.01. The van der Waals surface area contributed by atoms with Gasteiger partial charge in [0.15, 0.2) is 0 Å². The van der Waals surface area contributed by atoms with Crippen LogP contribution >= 0.6 is 0 Å². The fraction of sp³-hybridized carbons (Fsp3) is 0.429. The average molecular weight is 293 g/mol. The minimum Gasteiger partial charge on any atom is -0.320 e. The summed E-state index contributed by atoms with van der Waals surface area (Å²) in [5.74, 6) is 5.62. The number of hydrogen-bond acceptors (Lipinski definition) is 3. The maximum absolute atomic E-state index is 12.3. The molecule has 0 unspecified atom stereocenters. The van der Waals surface area contributed by atoms with Gasteiger partial charge in [-0.25, -0.2) is 0 Å². The van der Waals surface area contributed by atoms with E-state index >= 15 is 0 Å². The molecule has 0 radical (unpaired) electrons. The summed E-state index contributed by atoms with van der Waals surface area (Å²) < 4.78 is 28.8. The van der Waals surface area contributed by atoms with Gasteiger partial charge in [0, 0.05) is 18.7 Å². The van der Waals surface area contributed by atoms with E-state index < -0.39 is 10.2 Å². The lowest BCUT2D eigenvalue weighted by Gasteiger charge is -2.26. The van der Waals surface area contributed by atoms with Crippen molar-refractivity contribution < 1.29 is 8.42 Å². The Morgan fingerprint density at radius 1 is 1.20 bits per heavy atom. The van der Waals surface area contributed by atoms with E-state index in [1.807, 2.05) is 6.07 Å². The molecule has 6 heteroatoms. The van der Waals surface area contributed by atoms with Crippen molar-refractivity contribution in [3.05, 3.63) is 29.8 Å². The number of piperidine rings is 1. The first-order chi connectivity index (χ1) is 9.63. The molecule has 0 aromatic heterocycles. The van der Waals surface area contributed by atoms with Crippen LogP contribution in [0.4, 0.5) is 5.69 Å². The van der Waals surface area contributed by atoms with E-state index in [1.54, 1.807) is 18.2 Å². The van der Waals surface area contributed by atoms with Gasteiger partial charge in [-0.05, 0) is 25.0 Å². The summed E-state index contributed by atoms with van der Waals surface area (Å²) in [5, 5.41) is 0. The molecule has 1 fully saturated rings. The summed E-state index contributed by atoms with van der Waals surface area (Å²) >= 11 is 0. The van der Waals surface area contributed by atoms with E-state index in [-0.39, 0.29) is 6.54 Å². The van der Waals surface area contributed by atoms with Crippen molar-refractivity contribution in [1.82, 2.24) is 4.31 Å². The highest BCUT2D eigenvalue weighted by Crippen LogP contribution is 2.19. The number of para-hydroxylation sites is 1. The monoisotopic (exact) mass is 293 g/mol. The van der Waals surface area contributed by atoms with E-state index in [4.69, 9.17) is 5.73 Å². The van der Waals surface area contributed by atoms with Crippen LogP contribution in [-0.4, -0.2) is 32.4 Å². The summed E-state index contributed by atoms with van der Waals surface area (Å²) in [5.41, 5.74) is 6.49. The maximum Gasteiger partial charge on any atom is 0.301 e. The molecule has 1 heterocycles. The van der Waals surface area contributed by atoms with Gasteiger partial charge in [0.05, 0.1) is 12.2 Å². The van der Waals surface area contributed by atoms with Gasteiger partial charge in [0.1, 0.15) is 0 Å². The lowest BCUT2D eigenvalue weighted by molar-refractivity contribution is 0.349. The Morgan fingerprint density at radius 2 is 1.90 bits per heavy atom. The number of rotatable bonds is 3. The molecular weight excluding hydrogens is 274 g/mol. The van der Waals surface area contributed by atoms with Gasteiger partial charge < -0.3 is 5.73 Å². The molecule has 0 spiro atoms. The second kappa shape index (κ2) is 6.75. The molecule has 1 saturated heterocycles. The van der Waals surface area contributed by atoms with Gasteiger partial charge in [-0.2, -0.15) is 12.7 Å². The van der Waals surface area contributed by atoms with Crippen LogP contribution in [0.5, 0.6) is 0 Å². The van der Waals surface area contributed by atoms with Crippen LogP contribution in [0.1, 0.15) is 24.8 Å². The SMILES string of the molecule is NCC#Cc1ccccc1NS(=O)(=O)N1CCCCC1. The minimum absolute atomic E-state index is 0.243. The molecule has 0 atom stereocenters. The smallest absolute Gasteiger partial charge is 0.301 e. The van der Waals surface area contributed by atoms with Crippen molar-refractivity contribution in [3.8, 4) is 11.8 Å². The van der Waals surface area contributed by atoms with Crippen LogP contribution in [0.25, 0.3) is 0 Å². The second-order valence-corrected chi connectivity index (χ2v) is 6.29. The van der Waals surface area contributed by atoms with E-state index in [2.05, 4.69) is 16.6 Å². The number of nitrogens with one attached hydrogen (secondary N) is 1. The van der Waals surface area contributed by atoms with Crippen LogP contribution in [0.2, 0.25) is 0 Å². The van der Waals surface area contributed by atoms with Crippen LogP contribution < -0.4 is 10.5 Å². The third kappa shape index (κ3) is 3.73. The zero-order chi connectivity index (χ0) is 14.4. The Hall–Kier alpha value is -1.55. The lowest BCUT2D eigenvalue weighted by Crippen LogP contribution is -2.39. The molecular formula is C14H19N3O2S. The fourth-order valence-electron chi connectivity index (χ4n) is 2.14. The number of benzene rings is 1. The predicted octanol–water partition coefficient (Wildman–Crippen LogP) is 1.14.